The molecule has 24 heavy (non-hydrogen) atoms. The van der Waals surface area contributed by atoms with Crippen molar-refractivity contribution in [2.24, 2.45) is 0 Å². The third-order valence-electron chi connectivity index (χ3n) is 5.16. The number of rotatable bonds is 4. The Bertz CT molecular complexity index is 669. The summed E-state index contributed by atoms with van der Waals surface area (Å²) in [5.74, 6) is 0.0448. The summed E-state index contributed by atoms with van der Waals surface area (Å²) >= 11 is 1.54. The fourth-order valence-electron chi connectivity index (χ4n) is 3.84. The zero-order chi connectivity index (χ0) is 16.4. The van der Waals surface area contributed by atoms with Crippen molar-refractivity contribution in [3.63, 3.8) is 0 Å². The summed E-state index contributed by atoms with van der Waals surface area (Å²) < 4.78 is 1.11. The highest BCUT2D eigenvalue weighted by atomic mass is 32.1. The Morgan fingerprint density at radius 1 is 1.17 bits per heavy atom. The van der Waals surface area contributed by atoms with E-state index in [1.807, 2.05) is 24.3 Å². The average Bonchev–Trinajstić information content (AvgIpc) is 3.24. The minimum absolute atomic E-state index is 0.0448. The Labute approximate surface area is 146 Å². The zero-order valence-electron chi connectivity index (χ0n) is 13.9. The predicted octanol–water partition coefficient (Wildman–Crippen LogP) is 2.79. The molecule has 0 radical (unpaired) electrons. The van der Waals surface area contributed by atoms with Crippen LogP contribution in [0.4, 0.5) is 5.13 Å². The van der Waals surface area contributed by atoms with Crippen molar-refractivity contribution in [1.29, 1.82) is 0 Å². The maximum atomic E-state index is 12.3. The molecule has 1 N–H and O–H groups in total. The molecule has 0 atom stereocenters. The van der Waals surface area contributed by atoms with E-state index in [2.05, 4.69) is 20.1 Å². The van der Waals surface area contributed by atoms with Gasteiger partial charge in [-0.25, -0.2) is 4.98 Å². The summed E-state index contributed by atoms with van der Waals surface area (Å²) in [7, 11) is 0. The van der Waals surface area contributed by atoms with E-state index < -0.39 is 0 Å². The third kappa shape index (κ3) is 3.61. The molecular weight excluding hydrogens is 320 g/mol. The Kier molecular flexibility index (Phi) is 4.78. The Morgan fingerprint density at radius 3 is 2.67 bits per heavy atom. The maximum absolute atomic E-state index is 12.3. The number of nitrogens with zero attached hydrogens (tertiary/aromatic N) is 3. The Hall–Kier alpha value is -1.50. The standard InChI is InChI=1S/C18H24N4OS/c23-17(20-18-19-15-7-3-4-8-16(15)24-18)13-21-9-11-22(12-10-21)14-5-1-2-6-14/h3-4,7-8,14H,1-2,5-6,9-13H2,(H,19,20,23). The number of aromatic nitrogens is 1. The number of fused-ring (bicyclic) bond motifs is 1. The second-order valence-electron chi connectivity index (χ2n) is 6.79. The van der Waals surface area contributed by atoms with Crippen molar-refractivity contribution < 1.29 is 4.79 Å². The molecule has 128 valence electrons. The number of amides is 1. The number of benzene rings is 1. The maximum Gasteiger partial charge on any atom is 0.240 e. The first kappa shape index (κ1) is 16.0. The summed E-state index contributed by atoms with van der Waals surface area (Å²) in [5.41, 5.74) is 0.947. The fraction of sp³-hybridized carbons (Fsp3) is 0.556. The molecule has 1 saturated heterocycles. The van der Waals surface area contributed by atoms with Crippen LogP contribution in [0.1, 0.15) is 25.7 Å². The molecule has 2 aromatic rings. The summed E-state index contributed by atoms with van der Waals surface area (Å²) in [6, 6.07) is 8.77. The molecule has 4 rings (SSSR count). The molecule has 1 aliphatic carbocycles. The summed E-state index contributed by atoms with van der Waals surface area (Å²) in [6.45, 7) is 4.64. The topological polar surface area (TPSA) is 48.5 Å². The van der Waals surface area contributed by atoms with Crippen molar-refractivity contribution in [1.82, 2.24) is 14.8 Å². The Balaban J connectivity index is 1.27. The lowest BCUT2D eigenvalue weighted by Crippen LogP contribution is -2.51. The molecule has 1 aromatic heterocycles. The highest BCUT2D eigenvalue weighted by molar-refractivity contribution is 7.22. The lowest BCUT2D eigenvalue weighted by atomic mass is 10.2. The minimum atomic E-state index is 0.0448. The quantitative estimate of drug-likeness (QED) is 0.926. The molecule has 2 aliphatic rings. The van der Waals surface area contributed by atoms with Crippen molar-refractivity contribution in [2.45, 2.75) is 31.7 Å². The SMILES string of the molecule is O=C(CN1CCN(C2CCCC2)CC1)Nc1nc2ccccc2s1. The van der Waals surface area contributed by atoms with E-state index >= 15 is 0 Å². The van der Waals surface area contributed by atoms with Crippen LogP contribution >= 0.6 is 11.3 Å². The van der Waals surface area contributed by atoms with Crippen LogP contribution in [0.2, 0.25) is 0 Å². The normalized spacial score (nSPS) is 20.7. The van der Waals surface area contributed by atoms with Gasteiger partial charge in [-0.1, -0.05) is 36.3 Å². The Morgan fingerprint density at radius 2 is 1.92 bits per heavy atom. The van der Waals surface area contributed by atoms with E-state index in [9.17, 15) is 4.79 Å². The van der Waals surface area contributed by atoms with Gasteiger partial charge in [0.15, 0.2) is 5.13 Å². The number of anilines is 1. The van der Waals surface area contributed by atoms with Gasteiger partial charge >= 0.3 is 0 Å². The fourth-order valence-corrected chi connectivity index (χ4v) is 4.73. The average molecular weight is 344 g/mol. The number of carbonyl (C=O) groups is 1. The molecule has 0 bridgehead atoms. The van der Waals surface area contributed by atoms with E-state index in [-0.39, 0.29) is 5.91 Å². The molecule has 0 unspecified atom stereocenters. The van der Waals surface area contributed by atoms with Gasteiger partial charge in [0.1, 0.15) is 0 Å². The van der Waals surface area contributed by atoms with Crippen LogP contribution in [0.5, 0.6) is 0 Å². The van der Waals surface area contributed by atoms with Crippen molar-refractivity contribution in [3.05, 3.63) is 24.3 Å². The first-order valence-corrected chi connectivity index (χ1v) is 9.71. The molecule has 2 heterocycles. The number of carbonyl (C=O) groups excluding carboxylic acids is 1. The monoisotopic (exact) mass is 344 g/mol. The zero-order valence-corrected chi connectivity index (χ0v) is 14.7. The number of hydrogen-bond acceptors (Lipinski definition) is 5. The molecule has 5 nitrogen and oxygen atoms in total. The van der Waals surface area contributed by atoms with Crippen LogP contribution < -0.4 is 5.32 Å². The van der Waals surface area contributed by atoms with Gasteiger partial charge in [0.05, 0.1) is 16.8 Å². The van der Waals surface area contributed by atoms with Gasteiger partial charge in [-0.15, -0.1) is 0 Å². The van der Waals surface area contributed by atoms with Crippen molar-refractivity contribution >= 4 is 32.6 Å². The number of nitrogens with one attached hydrogen (secondary N) is 1. The predicted molar refractivity (Wildman–Crippen MR) is 98.5 cm³/mol. The summed E-state index contributed by atoms with van der Waals surface area (Å²) in [5, 5.41) is 3.66. The number of para-hydroxylation sites is 1. The van der Waals surface area contributed by atoms with Gasteiger partial charge in [0.2, 0.25) is 5.91 Å². The second-order valence-corrected chi connectivity index (χ2v) is 7.82. The summed E-state index contributed by atoms with van der Waals surface area (Å²) in [6.07, 6.45) is 5.49. The first-order valence-electron chi connectivity index (χ1n) is 8.90. The molecule has 6 heteroatoms. The molecule has 1 saturated carbocycles. The molecule has 1 aliphatic heterocycles. The molecule has 2 fully saturated rings. The van der Waals surface area contributed by atoms with Crippen LogP contribution in [0, 0.1) is 0 Å². The lowest BCUT2D eigenvalue weighted by Gasteiger charge is -2.37. The first-order chi connectivity index (χ1) is 11.8. The number of piperazine rings is 1. The van der Waals surface area contributed by atoms with E-state index in [4.69, 9.17) is 0 Å². The van der Waals surface area contributed by atoms with Gasteiger partial charge in [0, 0.05) is 32.2 Å². The van der Waals surface area contributed by atoms with Crippen LogP contribution in [-0.4, -0.2) is 59.5 Å². The van der Waals surface area contributed by atoms with Crippen LogP contribution in [0.3, 0.4) is 0 Å². The number of thiazole rings is 1. The smallest absolute Gasteiger partial charge is 0.240 e. The van der Waals surface area contributed by atoms with Gasteiger partial charge in [0.25, 0.3) is 0 Å². The van der Waals surface area contributed by atoms with E-state index in [1.165, 1.54) is 37.0 Å². The third-order valence-corrected chi connectivity index (χ3v) is 6.11. The van der Waals surface area contributed by atoms with Crippen molar-refractivity contribution in [2.75, 3.05) is 38.0 Å². The lowest BCUT2D eigenvalue weighted by molar-refractivity contribution is -0.117. The van der Waals surface area contributed by atoms with Crippen LogP contribution in [0.15, 0.2) is 24.3 Å². The second kappa shape index (κ2) is 7.17. The molecule has 1 aromatic carbocycles. The van der Waals surface area contributed by atoms with Gasteiger partial charge in [-0.3, -0.25) is 14.6 Å². The van der Waals surface area contributed by atoms with Crippen molar-refractivity contribution in [3.8, 4) is 0 Å². The van der Waals surface area contributed by atoms with Gasteiger partial charge in [-0.05, 0) is 25.0 Å². The molecule has 0 spiro atoms. The van der Waals surface area contributed by atoms with Gasteiger partial charge in [-0.2, -0.15) is 0 Å². The largest absolute Gasteiger partial charge is 0.301 e. The van der Waals surface area contributed by atoms with E-state index in [1.54, 1.807) is 0 Å². The number of hydrogen-bond donors (Lipinski definition) is 1. The van der Waals surface area contributed by atoms with Crippen LogP contribution in [-0.2, 0) is 4.79 Å². The highest BCUT2D eigenvalue weighted by Gasteiger charge is 2.26. The van der Waals surface area contributed by atoms with E-state index in [0.29, 0.717) is 11.7 Å². The molecule has 1 amide bonds. The van der Waals surface area contributed by atoms with Gasteiger partial charge < -0.3 is 5.32 Å². The summed E-state index contributed by atoms with van der Waals surface area (Å²) in [4.78, 5) is 21.6. The van der Waals surface area contributed by atoms with E-state index in [0.717, 1.165) is 42.4 Å². The van der Waals surface area contributed by atoms with Crippen LogP contribution in [0.25, 0.3) is 10.2 Å². The minimum Gasteiger partial charge on any atom is -0.301 e. The highest BCUT2D eigenvalue weighted by Crippen LogP contribution is 2.26. The molecular formula is C18H24N4OS.